The average Bonchev–Trinajstić information content (AvgIpc) is 2.81. The summed E-state index contributed by atoms with van der Waals surface area (Å²) in [5.41, 5.74) is 0. The van der Waals surface area contributed by atoms with Gasteiger partial charge in [-0.25, -0.2) is 13.2 Å². The van der Waals surface area contributed by atoms with Crippen LogP contribution < -0.4 is 0 Å². The predicted octanol–water partition coefficient (Wildman–Crippen LogP) is 1.72. The van der Waals surface area contributed by atoms with Crippen LogP contribution in [0.2, 0.25) is 0 Å². The summed E-state index contributed by atoms with van der Waals surface area (Å²) < 4.78 is 36.7. The van der Waals surface area contributed by atoms with E-state index in [1.165, 1.54) is 18.3 Å². The van der Waals surface area contributed by atoms with E-state index in [-0.39, 0.29) is 35.6 Å². The minimum absolute atomic E-state index is 0.0677. The molecular weight excluding hydrogens is 298 g/mol. The van der Waals surface area contributed by atoms with Crippen LogP contribution in [0.3, 0.4) is 0 Å². The van der Waals surface area contributed by atoms with E-state index in [2.05, 4.69) is 0 Å². The first kappa shape index (κ1) is 17.7. The molecule has 1 aromatic heterocycles. The third kappa shape index (κ3) is 3.84. The Hall–Kier alpha value is -1.38. The van der Waals surface area contributed by atoms with Gasteiger partial charge in [-0.05, 0) is 20.3 Å². The summed E-state index contributed by atoms with van der Waals surface area (Å²) in [6.45, 7) is 5.56. The Labute approximate surface area is 124 Å². The maximum atomic E-state index is 12.7. The summed E-state index contributed by atoms with van der Waals surface area (Å²) in [5.74, 6) is -1.62. The summed E-state index contributed by atoms with van der Waals surface area (Å²) in [6, 6.07) is 0.822. The molecule has 0 amide bonds. The van der Waals surface area contributed by atoms with E-state index in [0.29, 0.717) is 6.42 Å². The molecule has 0 saturated heterocycles. The molecule has 21 heavy (non-hydrogen) atoms. The Morgan fingerprint density at radius 3 is 2.57 bits per heavy atom. The maximum absolute atomic E-state index is 12.7. The zero-order valence-electron chi connectivity index (χ0n) is 12.6. The minimum Gasteiger partial charge on any atom is -0.475 e. The Balaban J connectivity index is 3.24. The summed E-state index contributed by atoms with van der Waals surface area (Å²) in [6.07, 6.45) is 0.631. The van der Waals surface area contributed by atoms with Crippen molar-refractivity contribution >= 4 is 16.0 Å². The van der Waals surface area contributed by atoms with E-state index in [0.717, 1.165) is 6.07 Å². The summed E-state index contributed by atoms with van der Waals surface area (Å²) in [7, 11) is -2.34. The summed E-state index contributed by atoms with van der Waals surface area (Å²) >= 11 is 0. The molecule has 0 fully saturated rings. The predicted molar refractivity (Wildman–Crippen MR) is 75.9 cm³/mol. The Bertz CT molecular complexity index is 592. The van der Waals surface area contributed by atoms with Gasteiger partial charge in [0, 0.05) is 25.8 Å². The third-order valence-corrected chi connectivity index (χ3v) is 5.39. The molecule has 1 heterocycles. The Kier molecular flexibility index (Phi) is 5.94. The zero-order valence-corrected chi connectivity index (χ0v) is 13.4. The van der Waals surface area contributed by atoms with Gasteiger partial charge in [-0.1, -0.05) is 6.92 Å². The number of aryl methyl sites for hydroxylation is 1. The monoisotopic (exact) mass is 319 g/mol. The fraction of sp³-hybridized carbons (Fsp3) is 0.615. The normalized spacial score (nSPS) is 13.6. The van der Waals surface area contributed by atoms with Crippen LogP contribution in [-0.2, 0) is 14.8 Å². The van der Waals surface area contributed by atoms with Crippen LogP contribution in [0.5, 0.6) is 0 Å². The van der Waals surface area contributed by atoms with Crippen molar-refractivity contribution in [1.82, 2.24) is 4.31 Å². The van der Waals surface area contributed by atoms with Crippen LogP contribution in [0.1, 0.15) is 36.6 Å². The van der Waals surface area contributed by atoms with E-state index >= 15 is 0 Å². The topological polar surface area (TPSA) is 97.0 Å². The number of ether oxygens (including phenoxy) is 1. The number of hydrogen-bond acceptors (Lipinski definition) is 5. The number of aromatic carboxylic acids is 1. The highest BCUT2D eigenvalue weighted by molar-refractivity contribution is 7.89. The number of furan rings is 1. The molecule has 1 rings (SSSR count). The quantitative estimate of drug-likeness (QED) is 0.783. The Morgan fingerprint density at radius 2 is 2.14 bits per heavy atom. The van der Waals surface area contributed by atoms with Crippen molar-refractivity contribution in [2.45, 2.75) is 38.1 Å². The summed E-state index contributed by atoms with van der Waals surface area (Å²) in [5, 5.41) is 8.90. The van der Waals surface area contributed by atoms with Crippen molar-refractivity contribution in [3.8, 4) is 0 Å². The average molecular weight is 319 g/mol. The molecular formula is C13H21NO6S. The second-order valence-corrected chi connectivity index (χ2v) is 6.56. The van der Waals surface area contributed by atoms with Crippen LogP contribution >= 0.6 is 0 Å². The maximum Gasteiger partial charge on any atom is 0.371 e. The second kappa shape index (κ2) is 7.06. The van der Waals surface area contributed by atoms with Crippen molar-refractivity contribution in [3.63, 3.8) is 0 Å². The van der Waals surface area contributed by atoms with Gasteiger partial charge in [-0.15, -0.1) is 0 Å². The van der Waals surface area contributed by atoms with E-state index in [9.17, 15) is 13.2 Å². The van der Waals surface area contributed by atoms with Gasteiger partial charge >= 0.3 is 5.97 Å². The van der Waals surface area contributed by atoms with Gasteiger partial charge in [0.15, 0.2) is 0 Å². The molecule has 8 heteroatoms. The van der Waals surface area contributed by atoms with Crippen LogP contribution in [0, 0.1) is 6.92 Å². The summed E-state index contributed by atoms with van der Waals surface area (Å²) in [4.78, 5) is 10.8. The van der Waals surface area contributed by atoms with E-state index in [1.807, 2.05) is 6.92 Å². The minimum atomic E-state index is -3.83. The standard InChI is InChI=1S/C13H21NO6S/c1-5-9(2)14(6-7-19-4)21(17,18)12-8-11(13(15)16)20-10(12)3/h8-9H,5-7H2,1-4H3,(H,15,16). The molecule has 1 aromatic rings. The van der Waals surface area contributed by atoms with E-state index in [4.69, 9.17) is 14.3 Å². The second-order valence-electron chi connectivity index (χ2n) is 4.70. The number of carboxylic acids is 1. The number of carbonyl (C=O) groups is 1. The molecule has 0 aliphatic carbocycles. The van der Waals surface area contributed by atoms with Gasteiger partial charge in [-0.2, -0.15) is 4.31 Å². The van der Waals surface area contributed by atoms with Crippen molar-refractivity contribution in [1.29, 1.82) is 0 Å². The molecule has 0 aliphatic rings. The van der Waals surface area contributed by atoms with Crippen molar-refractivity contribution in [2.24, 2.45) is 0 Å². The molecule has 0 aromatic carbocycles. The van der Waals surface area contributed by atoms with Crippen molar-refractivity contribution in [3.05, 3.63) is 17.6 Å². The molecule has 1 unspecified atom stereocenters. The number of methoxy groups -OCH3 is 1. The number of sulfonamides is 1. The van der Waals surface area contributed by atoms with Crippen LogP contribution in [0.4, 0.5) is 0 Å². The highest BCUT2D eigenvalue weighted by atomic mass is 32.2. The van der Waals surface area contributed by atoms with Gasteiger partial charge in [0.25, 0.3) is 0 Å². The molecule has 1 N–H and O–H groups in total. The largest absolute Gasteiger partial charge is 0.475 e. The lowest BCUT2D eigenvalue weighted by Gasteiger charge is -2.27. The van der Waals surface area contributed by atoms with Crippen LogP contribution in [-0.4, -0.2) is 50.1 Å². The molecule has 0 bridgehead atoms. The number of rotatable bonds is 8. The molecule has 0 saturated carbocycles. The Morgan fingerprint density at radius 1 is 1.52 bits per heavy atom. The van der Waals surface area contributed by atoms with Gasteiger partial charge in [0.2, 0.25) is 15.8 Å². The number of nitrogens with zero attached hydrogens (tertiary/aromatic N) is 1. The van der Waals surface area contributed by atoms with Crippen LogP contribution in [0.25, 0.3) is 0 Å². The number of hydrogen-bond donors (Lipinski definition) is 1. The molecule has 1 atom stereocenters. The van der Waals surface area contributed by atoms with Crippen LogP contribution in [0.15, 0.2) is 15.4 Å². The third-order valence-electron chi connectivity index (χ3n) is 3.27. The first-order chi connectivity index (χ1) is 9.75. The molecule has 0 aliphatic heterocycles. The first-order valence-electron chi connectivity index (χ1n) is 6.60. The zero-order chi connectivity index (χ0) is 16.2. The molecule has 120 valence electrons. The molecule has 7 nitrogen and oxygen atoms in total. The molecule has 0 spiro atoms. The fourth-order valence-electron chi connectivity index (χ4n) is 1.92. The van der Waals surface area contributed by atoms with Crippen molar-refractivity contribution < 1.29 is 27.5 Å². The van der Waals surface area contributed by atoms with Gasteiger partial charge in [0.05, 0.1) is 6.61 Å². The molecule has 0 radical (unpaired) electrons. The van der Waals surface area contributed by atoms with Gasteiger partial charge < -0.3 is 14.3 Å². The van der Waals surface area contributed by atoms with E-state index in [1.54, 1.807) is 6.92 Å². The van der Waals surface area contributed by atoms with Crippen molar-refractivity contribution in [2.75, 3.05) is 20.3 Å². The fourth-order valence-corrected chi connectivity index (χ4v) is 3.77. The SMILES string of the molecule is CCC(C)N(CCOC)S(=O)(=O)c1cc(C(=O)O)oc1C. The lowest BCUT2D eigenvalue weighted by molar-refractivity contribution is 0.0661. The highest BCUT2D eigenvalue weighted by Crippen LogP contribution is 2.25. The van der Waals surface area contributed by atoms with Gasteiger partial charge in [-0.3, -0.25) is 0 Å². The lowest BCUT2D eigenvalue weighted by Crippen LogP contribution is -2.40. The first-order valence-corrected chi connectivity index (χ1v) is 8.04. The number of carboxylic acid groups (broad SMARTS) is 1. The lowest BCUT2D eigenvalue weighted by atomic mass is 10.3. The van der Waals surface area contributed by atoms with E-state index < -0.39 is 16.0 Å². The van der Waals surface area contributed by atoms with Gasteiger partial charge in [0.1, 0.15) is 10.7 Å². The highest BCUT2D eigenvalue weighted by Gasteiger charge is 2.32. The smallest absolute Gasteiger partial charge is 0.371 e.